The fourth-order valence-corrected chi connectivity index (χ4v) is 3.97. The summed E-state index contributed by atoms with van der Waals surface area (Å²) in [5, 5.41) is 11.1. The monoisotopic (exact) mass is 422 g/mol. The molecule has 6 nitrogen and oxygen atoms in total. The van der Waals surface area contributed by atoms with E-state index in [1.54, 1.807) is 43.3 Å². The number of aromatic hydroxyl groups is 1. The predicted octanol–water partition coefficient (Wildman–Crippen LogP) is 5.16. The number of rotatable bonds is 2. The minimum atomic E-state index is -0.498. The standard InChI is InChI=1S/C23H15ClO6/c1-11-2-7-17(29-11)14-8-19(26)30-18-9-16(25)21-22(27)15(10-28-23(21)20(14)18)12-3-5-13(24)6-4-12/h2-7,9-10,14,25H,8H2,1H3/t14-/m0/s1. The lowest BCUT2D eigenvalue weighted by Crippen LogP contribution is -2.21. The number of phenols is 1. The van der Waals surface area contributed by atoms with Crippen molar-refractivity contribution >= 4 is 28.5 Å². The predicted molar refractivity (Wildman–Crippen MR) is 110 cm³/mol. The molecule has 1 atom stereocenters. The van der Waals surface area contributed by atoms with Crippen LogP contribution in [0.15, 0.2) is 62.4 Å². The molecule has 1 aliphatic heterocycles. The van der Waals surface area contributed by atoms with Crippen LogP contribution in [-0.4, -0.2) is 11.1 Å². The molecule has 0 aliphatic carbocycles. The zero-order valence-electron chi connectivity index (χ0n) is 15.8. The van der Waals surface area contributed by atoms with Gasteiger partial charge in [-0.25, -0.2) is 0 Å². The number of furan rings is 1. The second kappa shape index (κ2) is 6.78. The average molecular weight is 423 g/mol. The van der Waals surface area contributed by atoms with Crippen molar-refractivity contribution in [1.29, 1.82) is 0 Å². The van der Waals surface area contributed by atoms with Gasteiger partial charge in [0.05, 0.1) is 17.9 Å². The lowest BCUT2D eigenvalue weighted by atomic mass is 9.88. The number of fused-ring (bicyclic) bond motifs is 3. The largest absolute Gasteiger partial charge is 0.507 e. The Hall–Kier alpha value is -3.51. The number of carbonyl (C=O) groups excluding carboxylic acids is 1. The van der Waals surface area contributed by atoms with Crippen LogP contribution in [0.1, 0.15) is 29.4 Å². The minimum Gasteiger partial charge on any atom is -0.507 e. The van der Waals surface area contributed by atoms with Crippen molar-refractivity contribution in [2.75, 3.05) is 0 Å². The summed E-state index contributed by atoms with van der Waals surface area (Å²) >= 11 is 5.93. The quantitative estimate of drug-likeness (QED) is 0.354. The van der Waals surface area contributed by atoms with E-state index in [1.165, 1.54) is 12.3 Å². The summed E-state index contributed by atoms with van der Waals surface area (Å²) in [4.78, 5) is 25.4. The highest BCUT2D eigenvalue weighted by atomic mass is 35.5. The van der Waals surface area contributed by atoms with Crippen LogP contribution in [0.5, 0.6) is 11.5 Å². The van der Waals surface area contributed by atoms with E-state index in [9.17, 15) is 14.7 Å². The van der Waals surface area contributed by atoms with E-state index in [0.29, 0.717) is 27.7 Å². The Bertz CT molecular complexity index is 1360. The smallest absolute Gasteiger partial charge is 0.312 e. The number of aryl methyl sites for hydroxylation is 1. The van der Waals surface area contributed by atoms with Gasteiger partial charge in [0, 0.05) is 16.7 Å². The second-order valence-electron chi connectivity index (χ2n) is 7.18. The third-order valence-corrected chi connectivity index (χ3v) is 5.48. The summed E-state index contributed by atoms with van der Waals surface area (Å²) in [5.41, 5.74) is 1.16. The number of hydrogen-bond acceptors (Lipinski definition) is 6. The lowest BCUT2D eigenvalue weighted by Gasteiger charge is -2.24. The Morgan fingerprint density at radius 1 is 1.10 bits per heavy atom. The molecule has 0 fully saturated rings. The van der Waals surface area contributed by atoms with Gasteiger partial charge in [-0.15, -0.1) is 0 Å². The maximum Gasteiger partial charge on any atom is 0.312 e. The first-order valence-electron chi connectivity index (χ1n) is 9.26. The lowest BCUT2D eigenvalue weighted by molar-refractivity contribution is -0.135. The highest BCUT2D eigenvalue weighted by molar-refractivity contribution is 6.30. The molecule has 150 valence electrons. The molecule has 7 heteroatoms. The molecule has 3 heterocycles. The molecule has 2 aromatic heterocycles. The van der Waals surface area contributed by atoms with Crippen LogP contribution in [0.25, 0.3) is 22.1 Å². The molecule has 0 radical (unpaired) electrons. The number of ether oxygens (including phenoxy) is 1. The van der Waals surface area contributed by atoms with Gasteiger partial charge >= 0.3 is 5.97 Å². The first kappa shape index (κ1) is 18.5. The van der Waals surface area contributed by atoms with Gasteiger partial charge in [-0.2, -0.15) is 0 Å². The maximum atomic E-state index is 13.2. The van der Waals surface area contributed by atoms with E-state index in [-0.39, 0.29) is 34.5 Å². The molecule has 1 aliphatic rings. The van der Waals surface area contributed by atoms with Gasteiger partial charge in [-0.3, -0.25) is 9.59 Å². The van der Waals surface area contributed by atoms with Crippen molar-refractivity contribution in [2.45, 2.75) is 19.3 Å². The number of carbonyl (C=O) groups is 1. The minimum absolute atomic E-state index is 0.0208. The van der Waals surface area contributed by atoms with Crippen LogP contribution in [0, 0.1) is 6.92 Å². The maximum absolute atomic E-state index is 13.2. The average Bonchev–Trinajstić information content (AvgIpc) is 3.14. The molecule has 2 aromatic carbocycles. The Morgan fingerprint density at radius 2 is 1.87 bits per heavy atom. The Balaban J connectivity index is 1.78. The van der Waals surface area contributed by atoms with E-state index in [1.807, 2.05) is 0 Å². The van der Waals surface area contributed by atoms with Gasteiger partial charge in [-0.1, -0.05) is 23.7 Å². The summed E-state index contributed by atoms with van der Waals surface area (Å²) in [7, 11) is 0. The van der Waals surface area contributed by atoms with Crippen LogP contribution < -0.4 is 10.2 Å². The van der Waals surface area contributed by atoms with Crippen LogP contribution in [0.2, 0.25) is 5.02 Å². The number of halogens is 1. The Labute approximate surface area is 175 Å². The summed E-state index contributed by atoms with van der Waals surface area (Å²) in [5.74, 6) is 0.125. The number of esters is 1. The Morgan fingerprint density at radius 3 is 2.57 bits per heavy atom. The fraction of sp³-hybridized carbons (Fsp3) is 0.130. The zero-order chi connectivity index (χ0) is 21.0. The molecule has 0 unspecified atom stereocenters. The summed E-state index contributed by atoms with van der Waals surface area (Å²) in [6.45, 7) is 1.80. The molecule has 5 rings (SSSR count). The normalized spacial score (nSPS) is 15.8. The van der Waals surface area contributed by atoms with Gasteiger partial charge in [0.25, 0.3) is 0 Å². The summed E-state index contributed by atoms with van der Waals surface area (Å²) < 4.78 is 16.9. The van der Waals surface area contributed by atoms with Crippen molar-refractivity contribution < 1.29 is 23.5 Å². The number of hydrogen-bond donors (Lipinski definition) is 1. The Kier molecular flexibility index (Phi) is 4.18. The van der Waals surface area contributed by atoms with Gasteiger partial charge < -0.3 is 18.7 Å². The SMILES string of the molecule is Cc1ccc([C@@H]2CC(=O)Oc3cc(O)c4c(=O)c(-c5ccc(Cl)cc5)coc4c32)o1. The van der Waals surface area contributed by atoms with Gasteiger partial charge in [-0.05, 0) is 36.8 Å². The van der Waals surface area contributed by atoms with E-state index >= 15 is 0 Å². The third kappa shape index (κ3) is 2.88. The van der Waals surface area contributed by atoms with E-state index in [2.05, 4.69) is 0 Å². The molecular weight excluding hydrogens is 408 g/mol. The number of benzene rings is 2. The van der Waals surface area contributed by atoms with Gasteiger partial charge in [0.1, 0.15) is 40.3 Å². The van der Waals surface area contributed by atoms with Crippen LogP contribution in [0.4, 0.5) is 0 Å². The molecular formula is C23H15ClO6. The van der Waals surface area contributed by atoms with E-state index < -0.39 is 17.3 Å². The summed E-state index contributed by atoms with van der Waals surface area (Å²) in [6, 6.07) is 11.6. The van der Waals surface area contributed by atoms with Crippen molar-refractivity contribution in [3.05, 3.63) is 81.1 Å². The zero-order valence-corrected chi connectivity index (χ0v) is 16.5. The molecule has 0 spiro atoms. The second-order valence-corrected chi connectivity index (χ2v) is 7.61. The van der Waals surface area contributed by atoms with E-state index in [0.717, 1.165) is 0 Å². The molecule has 30 heavy (non-hydrogen) atoms. The third-order valence-electron chi connectivity index (χ3n) is 5.23. The van der Waals surface area contributed by atoms with Gasteiger partial charge in [0.15, 0.2) is 0 Å². The highest BCUT2D eigenvalue weighted by Gasteiger charge is 2.35. The van der Waals surface area contributed by atoms with E-state index in [4.69, 9.17) is 25.2 Å². The van der Waals surface area contributed by atoms with Gasteiger partial charge in [0.2, 0.25) is 5.43 Å². The van der Waals surface area contributed by atoms with Crippen molar-refractivity contribution in [1.82, 2.24) is 0 Å². The first-order chi connectivity index (χ1) is 14.4. The molecule has 1 N–H and O–H groups in total. The van der Waals surface area contributed by atoms with Crippen molar-refractivity contribution in [3.8, 4) is 22.6 Å². The molecule has 0 bridgehead atoms. The number of phenolic OH excluding ortho intramolecular Hbond substituents is 1. The summed E-state index contributed by atoms with van der Waals surface area (Å²) in [6.07, 6.45) is 1.37. The van der Waals surface area contributed by atoms with Crippen LogP contribution >= 0.6 is 11.6 Å². The van der Waals surface area contributed by atoms with Crippen molar-refractivity contribution in [3.63, 3.8) is 0 Å². The molecule has 4 aromatic rings. The molecule has 0 saturated heterocycles. The first-order valence-corrected chi connectivity index (χ1v) is 9.64. The highest BCUT2D eigenvalue weighted by Crippen LogP contribution is 2.45. The van der Waals surface area contributed by atoms with Crippen molar-refractivity contribution in [2.24, 2.45) is 0 Å². The fourth-order valence-electron chi connectivity index (χ4n) is 3.84. The topological polar surface area (TPSA) is 89.9 Å². The molecule has 0 saturated carbocycles. The van der Waals surface area contributed by atoms with Crippen LogP contribution in [-0.2, 0) is 4.79 Å². The molecule has 0 amide bonds. The van der Waals surface area contributed by atoms with Crippen LogP contribution in [0.3, 0.4) is 0 Å².